The Morgan fingerprint density at radius 3 is 2.67 bits per heavy atom. The van der Waals surface area contributed by atoms with E-state index in [0.717, 1.165) is 12.2 Å². The van der Waals surface area contributed by atoms with Crippen molar-refractivity contribution >= 4 is 11.9 Å². The number of aliphatic hydroxyl groups is 1. The predicted octanol–water partition coefficient (Wildman–Crippen LogP) is 0.543. The van der Waals surface area contributed by atoms with E-state index in [1.807, 2.05) is 0 Å². The highest BCUT2D eigenvalue weighted by Gasteiger charge is 2.04. The normalized spacial score (nSPS) is 12.1. The zero-order chi connectivity index (χ0) is 11.7. The van der Waals surface area contributed by atoms with Crippen LogP contribution in [0.1, 0.15) is 13.3 Å². The molecule has 0 aliphatic carbocycles. The second-order valence-corrected chi connectivity index (χ2v) is 2.54. The molecule has 0 saturated heterocycles. The zero-order valence-corrected chi connectivity index (χ0v) is 8.51. The Kier molecular flexibility index (Phi) is 6.92. The lowest BCUT2D eigenvalue weighted by Crippen LogP contribution is -2.14. The second-order valence-electron chi connectivity index (χ2n) is 2.54. The van der Waals surface area contributed by atoms with Gasteiger partial charge in [-0.15, -0.1) is 0 Å². The van der Waals surface area contributed by atoms with Crippen LogP contribution in [0.2, 0.25) is 0 Å². The van der Waals surface area contributed by atoms with Crippen LogP contribution in [-0.4, -0.2) is 29.9 Å². The number of hydrogen-bond acceptors (Lipinski definition) is 5. The summed E-state index contributed by atoms with van der Waals surface area (Å²) in [5.41, 5.74) is 0. The summed E-state index contributed by atoms with van der Waals surface area (Å²) in [5.74, 6) is -1.25. The molecule has 1 atom stereocenters. The van der Waals surface area contributed by atoms with Crippen molar-refractivity contribution in [3.8, 4) is 0 Å². The summed E-state index contributed by atoms with van der Waals surface area (Å²) in [5, 5.41) is 8.94. The third kappa shape index (κ3) is 7.45. The number of ether oxygens (including phenoxy) is 2. The molecular weight excluding hydrogens is 200 g/mol. The van der Waals surface area contributed by atoms with Crippen LogP contribution in [0.3, 0.4) is 0 Å². The molecule has 0 saturated carbocycles. The topological polar surface area (TPSA) is 72.8 Å². The standard InChI is InChI=1S/C10H14O5/c1-3-8(11)14-7-5-6-10(13)15-9(12)4-2/h3,5-6,9,12H,1,4,7H2,2H3. The average Bonchev–Trinajstić information content (AvgIpc) is 2.23. The van der Waals surface area contributed by atoms with Crippen molar-refractivity contribution in [3.63, 3.8) is 0 Å². The van der Waals surface area contributed by atoms with Gasteiger partial charge in [0.1, 0.15) is 6.61 Å². The first-order valence-corrected chi connectivity index (χ1v) is 4.44. The number of aliphatic hydroxyl groups excluding tert-OH is 1. The monoisotopic (exact) mass is 214 g/mol. The van der Waals surface area contributed by atoms with Gasteiger partial charge in [0.2, 0.25) is 6.29 Å². The van der Waals surface area contributed by atoms with E-state index >= 15 is 0 Å². The molecule has 0 aromatic rings. The molecule has 0 aromatic heterocycles. The number of carbonyl (C=O) groups excluding carboxylic acids is 2. The van der Waals surface area contributed by atoms with Crippen LogP contribution in [0.5, 0.6) is 0 Å². The van der Waals surface area contributed by atoms with Crippen LogP contribution in [0, 0.1) is 0 Å². The van der Waals surface area contributed by atoms with E-state index in [4.69, 9.17) is 5.11 Å². The largest absolute Gasteiger partial charge is 0.458 e. The maximum absolute atomic E-state index is 10.9. The lowest BCUT2D eigenvalue weighted by molar-refractivity contribution is -0.161. The molecule has 0 aromatic carbocycles. The first kappa shape index (κ1) is 13.4. The SMILES string of the molecule is C=CC(=O)OCC=CC(=O)OC(O)CC. The average molecular weight is 214 g/mol. The van der Waals surface area contributed by atoms with Crippen LogP contribution >= 0.6 is 0 Å². The summed E-state index contributed by atoms with van der Waals surface area (Å²) in [6, 6.07) is 0. The number of hydrogen-bond donors (Lipinski definition) is 1. The summed E-state index contributed by atoms with van der Waals surface area (Å²) in [6.07, 6.45) is 2.64. The van der Waals surface area contributed by atoms with Crippen LogP contribution < -0.4 is 0 Å². The maximum Gasteiger partial charge on any atom is 0.332 e. The molecule has 15 heavy (non-hydrogen) atoms. The van der Waals surface area contributed by atoms with E-state index in [-0.39, 0.29) is 6.61 Å². The summed E-state index contributed by atoms with van der Waals surface area (Å²) in [4.78, 5) is 21.4. The van der Waals surface area contributed by atoms with Crippen molar-refractivity contribution in [2.45, 2.75) is 19.6 Å². The minimum Gasteiger partial charge on any atom is -0.458 e. The number of esters is 2. The molecule has 0 aliphatic heterocycles. The fraction of sp³-hybridized carbons (Fsp3) is 0.400. The van der Waals surface area contributed by atoms with Crippen molar-refractivity contribution in [1.82, 2.24) is 0 Å². The summed E-state index contributed by atoms with van der Waals surface area (Å²) in [6.45, 7) is 4.84. The first-order valence-electron chi connectivity index (χ1n) is 4.44. The molecule has 0 bridgehead atoms. The van der Waals surface area contributed by atoms with Crippen molar-refractivity contribution in [2.24, 2.45) is 0 Å². The molecule has 5 heteroatoms. The lowest BCUT2D eigenvalue weighted by Gasteiger charge is -2.06. The molecule has 84 valence electrons. The molecule has 0 fully saturated rings. The van der Waals surface area contributed by atoms with E-state index < -0.39 is 18.2 Å². The summed E-state index contributed by atoms with van der Waals surface area (Å²) >= 11 is 0. The van der Waals surface area contributed by atoms with Gasteiger partial charge in [0, 0.05) is 18.6 Å². The van der Waals surface area contributed by atoms with Gasteiger partial charge >= 0.3 is 11.9 Å². The quantitative estimate of drug-likeness (QED) is 0.397. The van der Waals surface area contributed by atoms with E-state index in [1.165, 1.54) is 6.08 Å². The third-order valence-electron chi connectivity index (χ3n) is 1.34. The second kappa shape index (κ2) is 7.75. The number of rotatable bonds is 6. The molecule has 1 N–H and O–H groups in total. The summed E-state index contributed by atoms with van der Waals surface area (Å²) in [7, 11) is 0. The first-order chi connectivity index (χ1) is 7.10. The van der Waals surface area contributed by atoms with Gasteiger partial charge in [-0.2, -0.15) is 0 Å². The van der Waals surface area contributed by atoms with E-state index in [2.05, 4.69) is 16.1 Å². The maximum atomic E-state index is 10.9. The van der Waals surface area contributed by atoms with Crippen LogP contribution in [0.4, 0.5) is 0 Å². The van der Waals surface area contributed by atoms with Crippen LogP contribution in [0.25, 0.3) is 0 Å². The minimum atomic E-state index is -1.10. The van der Waals surface area contributed by atoms with Gasteiger partial charge in [-0.25, -0.2) is 9.59 Å². The molecule has 0 heterocycles. The van der Waals surface area contributed by atoms with Crippen molar-refractivity contribution in [1.29, 1.82) is 0 Å². The highest BCUT2D eigenvalue weighted by atomic mass is 16.6. The molecule has 0 amide bonds. The van der Waals surface area contributed by atoms with Gasteiger partial charge in [0.05, 0.1) is 0 Å². The molecule has 1 unspecified atom stereocenters. The fourth-order valence-corrected chi connectivity index (χ4v) is 0.590. The highest BCUT2D eigenvalue weighted by molar-refractivity contribution is 5.82. The van der Waals surface area contributed by atoms with Gasteiger partial charge in [-0.05, 0) is 6.08 Å². The zero-order valence-electron chi connectivity index (χ0n) is 8.51. The molecule has 0 spiro atoms. The molecule has 5 nitrogen and oxygen atoms in total. The smallest absolute Gasteiger partial charge is 0.332 e. The fourth-order valence-electron chi connectivity index (χ4n) is 0.590. The van der Waals surface area contributed by atoms with Crippen molar-refractivity contribution < 1.29 is 24.2 Å². The van der Waals surface area contributed by atoms with Gasteiger partial charge in [0.15, 0.2) is 0 Å². The Labute approximate surface area is 88.0 Å². The van der Waals surface area contributed by atoms with E-state index in [9.17, 15) is 9.59 Å². The summed E-state index contributed by atoms with van der Waals surface area (Å²) < 4.78 is 9.06. The Balaban J connectivity index is 3.72. The minimum absolute atomic E-state index is 0.0395. The van der Waals surface area contributed by atoms with Gasteiger partial charge < -0.3 is 14.6 Å². The highest BCUT2D eigenvalue weighted by Crippen LogP contribution is 1.94. The predicted molar refractivity (Wildman–Crippen MR) is 52.7 cm³/mol. The lowest BCUT2D eigenvalue weighted by atomic mass is 10.4. The van der Waals surface area contributed by atoms with Gasteiger partial charge in [0.25, 0.3) is 0 Å². The van der Waals surface area contributed by atoms with Crippen molar-refractivity contribution in [2.75, 3.05) is 6.61 Å². The molecular formula is C10H14O5. The molecule has 0 radical (unpaired) electrons. The van der Waals surface area contributed by atoms with Gasteiger partial charge in [-0.1, -0.05) is 13.5 Å². The molecule has 0 rings (SSSR count). The van der Waals surface area contributed by atoms with E-state index in [1.54, 1.807) is 6.92 Å². The Morgan fingerprint density at radius 1 is 1.47 bits per heavy atom. The van der Waals surface area contributed by atoms with Crippen LogP contribution in [-0.2, 0) is 19.1 Å². The van der Waals surface area contributed by atoms with Crippen LogP contribution in [0.15, 0.2) is 24.8 Å². The Bertz CT molecular complexity index is 257. The van der Waals surface area contributed by atoms with Gasteiger partial charge in [-0.3, -0.25) is 0 Å². The van der Waals surface area contributed by atoms with Crippen molar-refractivity contribution in [3.05, 3.63) is 24.8 Å². The third-order valence-corrected chi connectivity index (χ3v) is 1.34. The van der Waals surface area contributed by atoms with E-state index in [0.29, 0.717) is 6.42 Å². The Morgan fingerprint density at radius 2 is 2.13 bits per heavy atom. The number of carbonyl (C=O) groups is 2. The Hall–Kier alpha value is -1.62. The molecule has 0 aliphatic rings.